The highest BCUT2D eigenvalue weighted by Crippen LogP contribution is 2.45. The van der Waals surface area contributed by atoms with E-state index in [1.807, 2.05) is 0 Å². The molecule has 3 aromatic carbocycles. The van der Waals surface area contributed by atoms with Gasteiger partial charge in [-0.1, -0.05) is 63.1 Å². The van der Waals surface area contributed by atoms with Gasteiger partial charge in [0, 0.05) is 28.6 Å². The smallest absolute Gasteiger partial charge is 0.244 e. The van der Waals surface area contributed by atoms with Crippen LogP contribution in [0.3, 0.4) is 0 Å². The van der Waals surface area contributed by atoms with Gasteiger partial charge in [-0.25, -0.2) is 19.1 Å². The number of hydrogen-bond donors (Lipinski definition) is 0. The highest BCUT2D eigenvalue weighted by molar-refractivity contribution is 6.14. The van der Waals surface area contributed by atoms with Crippen LogP contribution < -0.4 is 4.57 Å². The Morgan fingerprint density at radius 3 is 2.19 bits per heavy atom. The zero-order valence-electron chi connectivity index (χ0n) is 18.2. The second-order valence-electron chi connectivity index (χ2n) is 8.67. The van der Waals surface area contributed by atoms with Crippen LogP contribution in [0.4, 0.5) is 0 Å². The molecule has 0 bridgehead atoms. The van der Waals surface area contributed by atoms with Gasteiger partial charge in [-0.3, -0.25) is 0 Å². The molecule has 1 aliphatic carbocycles. The Morgan fingerprint density at radius 1 is 0.839 bits per heavy atom. The van der Waals surface area contributed by atoms with E-state index in [4.69, 9.17) is 9.97 Å². The Morgan fingerprint density at radius 2 is 1.52 bits per heavy atom. The van der Waals surface area contributed by atoms with Crippen molar-refractivity contribution in [3.05, 3.63) is 54.9 Å². The molecule has 0 amide bonds. The molecule has 0 aliphatic heterocycles. The molecule has 0 saturated heterocycles. The van der Waals surface area contributed by atoms with E-state index in [1.165, 1.54) is 58.6 Å². The maximum absolute atomic E-state index is 5.15. The molecule has 4 heteroatoms. The third kappa shape index (κ3) is 2.78. The molecule has 4 nitrogen and oxygen atoms in total. The number of rotatable bonds is 6. The van der Waals surface area contributed by atoms with E-state index in [-0.39, 0.29) is 0 Å². The SMILES string of the molecule is CCCCn1c[n+](CCCC)c2cc3nc4c(nc3cc21)-c1cccc2cccc-4c12. The van der Waals surface area contributed by atoms with Crippen LogP contribution in [0.5, 0.6) is 0 Å². The monoisotopic (exact) mass is 407 g/mol. The lowest BCUT2D eigenvalue weighted by Gasteiger charge is -2.04. The van der Waals surface area contributed by atoms with Gasteiger partial charge in [-0.15, -0.1) is 0 Å². The van der Waals surface area contributed by atoms with Crippen LogP contribution in [-0.2, 0) is 13.1 Å². The molecule has 2 heterocycles. The molecule has 0 atom stereocenters. The van der Waals surface area contributed by atoms with E-state index >= 15 is 0 Å². The second kappa shape index (κ2) is 7.16. The van der Waals surface area contributed by atoms with Gasteiger partial charge in [-0.05, 0) is 18.2 Å². The van der Waals surface area contributed by atoms with Crippen LogP contribution in [0.2, 0.25) is 0 Å². The quantitative estimate of drug-likeness (QED) is 0.305. The first-order valence-electron chi connectivity index (χ1n) is 11.5. The fourth-order valence-electron chi connectivity index (χ4n) is 4.96. The lowest BCUT2D eigenvalue weighted by Crippen LogP contribution is -2.32. The number of aromatic nitrogens is 4. The summed E-state index contributed by atoms with van der Waals surface area (Å²) in [6.07, 6.45) is 7.04. The molecule has 6 rings (SSSR count). The largest absolute Gasteiger partial charge is 0.244 e. The molecule has 31 heavy (non-hydrogen) atoms. The summed E-state index contributed by atoms with van der Waals surface area (Å²) in [7, 11) is 0. The second-order valence-corrected chi connectivity index (χ2v) is 8.67. The number of hydrogen-bond acceptors (Lipinski definition) is 2. The van der Waals surface area contributed by atoms with Gasteiger partial charge in [0.25, 0.3) is 0 Å². The molecule has 0 N–H and O–H groups in total. The molecule has 0 radical (unpaired) electrons. The van der Waals surface area contributed by atoms with Gasteiger partial charge >= 0.3 is 0 Å². The van der Waals surface area contributed by atoms with Crippen molar-refractivity contribution in [2.75, 3.05) is 0 Å². The molecular weight excluding hydrogens is 380 g/mol. The predicted molar refractivity (Wildman–Crippen MR) is 127 cm³/mol. The lowest BCUT2D eigenvalue weighted by molar-refractivity contribution is -0.672. The van der Waals surface area contributed by atoms with Crippen molar-refractivity contribution in [2.45, 2.75) is 52.6 Å². The first-order chi connectivity index (χ1) is 15.3. The molecule has 2 aromatic heterocycles. The minimum atomic E-state index is 0.981. The van der Waals surface area contributed by atoms with E-state index in [9.17, 15) is 0 Å². The van der Waals surface area contributed by atoms with Crippen LogP contribution >= 0.6 is 0 Å². The van der Waals surface area contributed by atoms with Gasteiger partial charge in [0.2, 0.25) is 6.33 Å². The van der Waals surface area contributed by atoms with Crippen LogP contribution in [0.1, 0.15) is 39.5 Å². The highest BCUT2D eigenvalue weighted by Gasteiger charge is 2.25. The normalized spacial score (nSPS) is 12.3. The van der Waals surface area contributed by atoms with Gasteiger partial charge in [0.05, 0.1) is 35.5 Å². The minimum Gasteiger partial charge on any atom is -0.244 e. The van der Waals surface area contributed by atoms with E-state index < -0.39 is 0 Å². The number of fused-ring (bicyclic) bond motifs is 5. The summed E-state index contributed by atoms with van der Waals surface area (Å²) >= 11 is 0. The number of nitrogens with zero attached hydrogens (tertiary/aromatic N) is 4. The summed E-state index contributed by atoms with van der Waals surface area (Å²) in [6.45, 7) is 6.58. The maximum Gasteiger partial charge on any atom is 0.244 e. The molecule has 0 fully saturated rings. The third-order valence-corrected chi connectivity index (χ3v) is 6.58. The average Bonchev–Trinajstić information content (AvgIpc) is 3.30. The van der Waals surface area contributed by atoms with E-state index in [1.54, 1.807) is 0 Å². The van der Waals surface area contributed by atoms with Crippen molar-refractivity contribution in [3.63, 3.8) is 0 Å². The number of imidazole rings is 1. The van der Waals surface area contributed by atoms with Crippen molar-refractivity contribution in [1.29, 1.82) is 0 Å². The van der Waals surface area contributed by atoms with Crippen LogP contribution in [0.15, 0.2) is 54.9 Å². The average molecular weight is 408 g/mol. The van der Waals surface area contributed by atoms with Crippen molar-refractivity contribution in [2.24, 2.45) is 0 Å². The fourth-order valence-corrected chi connectivity index (χ4v) is 4.96. The molecule has 1 aliphatic rings. The van der Waals surface area contributed by atoms with E-state index in [0.29, 0.717) is 0 Å². The van der Waals surface area contributed by atoms with E-state index in [2.05, 4.69) is 77.8 Å². The Kier molecular flexibility index (Phi) is 4.27. The Labute approximate surface area is 182 Å². The molecule has 0 saturated carbocycles. The Balaban J connectivity index is 1.60. The van der Waals surface area contributed by atoms with Crippen molar-refractivity contribution >= 4 is 32.8 Å². The summed E-state index contributed by atoms with van der Waals surface area (Å²) in [6, 6.07) is 17.5. The molecule has 0 spiro atoms. The summed E-state index contributed by atoms with van der Waals surface area (Å²) in [5, 5.41) is 2.54. The number of aryl methyl sites for hydroxylation is 2. The lowest BCUT2D eigenvalue weighted by atomic mass is 10.0. The van der Waals surface area contributed by atoms with Gasteiger partial charge < -0.3 is 0 Å². The standard InChI is InChI=1S/C27H27N4/c1-3-5-13-30-17-31(14-6-4-2)24-16-22-21(15-23(24)30)28-26-19-11-7-9-18-10-8-12-20(25(18)19)27(26)29-22/h7-12,15-17H,3-6,13-14H2,1-2H3/q+1. The summed E-state index contributed by atoms with van der Waals surface area (Å²) in [5.74, 6) is 0. The van der Waals surface area contributed by atoms with E-state index in [0.717, 1.165) is 35.5 Å². The molecule has 154 valence electrons. The van der Waals surface area contributed by atoms with Gasteiger partial charge in [0.1, 0.15) is 0 Å². The predicted octanol–water partition coefficient (Wildman–Crippen LogP) is 6.27. The zero-order chi connectivity index (χ0) is 20.9. The number of benzene rings is 3. The van der Waals surface area contributed by atoms with Crippen molar-refractivity contribution < 1.29 is 4.57 Å². The van der Waals surface area contributed by atoms with Gasteiger partial charge in [0.15, 0.2) is 11.0 Å². The topological polar surface area (TPSA) is 34.6 Å². The Hall–Kier alpha value is -3.27. The highest BCUT2D eigenvalue weighted by atomic mass is 15.1. The molecule has 0 unspecified atom stereocenters. The summed E-state index contributed by atoms with van der Waals surface area (Å²) in [5.41, 5.74) is 8.94. The zero-order valence-corrected chi connectivity index (χ0v) is 18.2. The maximum atomic E-state index is 5.15. The summed E-state index contributed by atoms with van der Waals surface area (Å²) < 4.78 is 4.80. The van der Waals surface area contributed by atoms with Gasteiger partial charge in [-0.2, -0.15) is 0 Å². The third-order valence-electron chi connectivity index (χ3n) is 6.58. The first kappa shape index (κ1) is 18.5. The fraction of sp³-hybridized carbons (Fsp3) is 0.296. The van der Waals surface area contributed by atoms with Crippen LogP contribution in [-0.4, -0.2) is 14.5 Å². The molecule has 5 aromatic rings. The van der Waals surface area contributed by atoms with Crippen molar-refractivity contribution in [3.8, 4) is 22.5 Å². The minimum absolute atomic E-state index is 0.981. The van der Waals surface area contributed by atoms with Crippen LogP contribution in [0.25, 0.3) is 55.4 Å². The van der Waals surface area contributed by atoms with Crippen molar-refractivity contribution in [1.82, 2.24) is 14.5 Å². The summed E-state index contributed by atoms with van der Waals surface area (Å²) in [4.78, 5) is 10.3. The van der Waals surface area contributed by atoms with Crippen LogP contribution in [0, 0.1) is 0 Å². The first-order valence-corrected chi connectivity index (χ1v) is 11.5. The number of unbranched alkanes of at least 4 members (excludes halogenated alkanes) is 2. The Bertz CT molecular complexity index is 1360. The molecular formula is C27H27N4+.